The predicted molar refractivity (Wildman–Crippen MR) is 47.5 cm³/mol. The molecular weight excluding hydrogens is 188 g/mol. The van der Waals surface area contributed by atoms with Gasteiger partial charge in [-0.3, -0.25) is 10.1 Å². The fourth-order valence-corrected chi connectivity index (χ4v) is 0.801. The van der Waals surface area contributed by atoms with Gasteiger partial charge < -0.3 is 15.0 Å². The summed E-state index contributed by atoms with van der Waals surface area (Å²) in [5, 5.41) is 5.87. The van der Waals surface area contributed by atoms with Crippen molar-refractivity contribution in [3.05, 3.63) is 5.82 Å². The SMILES string of the molecule is COCC(N)C(=O)Nc1nc(C)no1. The van der Waals surface area contributed by atoms with Crippen molar-refractivity contribution in [2.45, 2.75) is 13.0 Å². The van der Waals surface area contributed by atoms with Gasteiger partial charge in [0.2, 0.25) is 5.91 Å². The zero-order chi connectivity index (χ0) is 10.6. The molecule has 1 unspecified atom stereocenters. The van der Waals surface area contributed by atoms with Crippen LogP contribution in [0.4, 0.5) is 6.01 Å². The standard InChI is InChI=1S/C7H12N4O3/c1-4-9-7(14-11-4)10-6(12)5(8)3-13-2/h5H,3,8H2,1-2H3,(H,9,10,11,12). The van der Waals surface area contributed by atoms with Crippen LogP contribution in [0.5, 0.6) is 0 Å². The van der Waals surface area contributed by atoms with Gasteiger partial charge in [-0.05, 0) is 6.92 Å². The van der Waals surface area contributed by atoms with Gasteiger partial charge in [0, 0.05) is 7.11 Å². The number of nitrogens with two attached hydrogens (primary N) is 1. The maximum atomic E-state index is 11.3. The Labute approximate surface area is 80.6 Å². The van der Waals surface area contributed by atoms with E-state index >= 15 is 0 Å². The number of hydrogen-bond donors (Lipinski definition) is 2. The van der Waals surface area contributed by atoms with Crippen LogP contribution >= 0.6 is 0 Å². The van der Waals surface area contributed by atoms with Crippen LogP contribution in [0.1, 0.15) is 5.82 Å². The summed E-state index contributed by atoms with van der Waals surface area (Å²) in [5.41, 5.74) is 5.46. The highest BCUT2D eigenvalue weighted by atomic mass is 16.5. The molecule has 3 N–H and O–H groups in total. The van der Waals surface area contributed by atoms with Gasteiger partial charge >= 0.3 is 6.01 Å². The molecule has 1 amide bonds. The van der Waals surface area contributed by atoms with Crippen molar-refractivity contribution in [1.29, 1.82) is 0 Å². The first kappa shape index (κ1) is 10.6. The predicted octanol–water partition coefficient (Wildman–Crippen LogP) is -0.710. The first-order valence-corrected chi connectivity index (χ1v) is 3.99. The van der Waals surface area contributed by atoms with Crippen LogP contribution in [0.15, 0.2) is 4.52 Å². The highest BCUT2D eigenvalue weighted by molar-refractivity contribution is 5.92. The largest absolute Gasteiger partial charge is 0.383 e. The number of methoxy groups -OCH3 is 1. The average Bonchev–Trinajstić information content (AvgIpc) is 2.51. The second-order valence-electron chi connectivity index (χ2n) is 2.70. The number of hydrogen-bond acceptors (Lipinski definition) is 6. The van der Waals surface area contributed by atoms with Gasteiger partial charge in [0.05, 0.1) is 6.61 Å². The molecule has 0 saturated carbocycles. The Morgan fingerprint density at radius 1 is 1.79 bits per heavy atom. The van der Waals surface area contributed by atoms with Gasteiger partial charge in [0.15, 0.2) is 5.82 Å². The maximum Gasteiger partial charge on any atom is 0.328 e. The number of aromatic nitrogens is 2. The molecule has 0 aliphatic rings. The first-order chi connectivity index (χ1) is 6.63. The summed E-state index contributed by atoms with van der Waals surface area (Å²) < 4.78 is 9.39. The van der Waals surface area contributed by atoms with E-state index in [0.29, 0.717) is 5.82 Å². The van der Waals surface area contributed by atoms with Crippen LogP contribution in [0.25, 0.3) is 0 Å². The van der Waals surface area contributed by atoms with Crippen molar-refractivity contribution >= 4 is 11.9 Å². The van der Waals surface area contributed by atoms with Crippen molar-refractivity contribution in [1.82, 2.24) is 10.1 Å². The van der Waals surface area contributed by atoms with E-state index in [4.69, 9.17) is 10.5 Å². The lowest BCUT2D eigenvalue weighted by molar-refractivity contribution is -0.118. The Bertz CT molecular complexity index is 312. The van der Waals surface area contributed by atoms with Crippen molar-refractivity contribution in [2.24, 2.45) is 5.73 Å². The first-order valence-electron chi connectivity index (χ1n) is 3.99. The van der Waals surface area contributed by atoms with Gasteiger partial charge in [-0.1, -0.05) is 5.16 Å². The average molecular weight is 200 g/mol. The Hall–Kier alpha value is -1.47. The van der Waals surface area contributed by atoms with Crippen LogP contribution in [-0.2, 0) is 9.53 Å². The summed E-state index contributed by atoms with van der Waals surface area (Å²) >= 11 is 0. The Morgan fingerprint density at radius 3 is 3.00 bits per heavy atom. The minimum atomic E-state index is -0.743. The molecule has 14 heavy (non-hydrogen) atoms. The molecule has 0 bridgehead atoms. The molecule has 1 atom stereocenters. The Balaban J connectivity index is 2.48. The number of anilines is 1. The summed E-state index contributed by atoms with van der Waals surface area (Å²) in [6.45, 7) is 1.78. The summed E-state index contributed by atoms with van der Waals surface area (Å²) in [5.74, 6) is 0.0242. The molecule has 0 saturated heterocycles. The number of carbonyl (C=O) groups is 1. The molecular formula is C7H12N4O3. The molecule has 1 aromatic rings. The minimum absolute atomic E-state index is 0.0408. The second kappa shape index (κ2) is 4.68. The molecule has 0 aromatic carbocycles. The van der Waals surface area contributed by atoms with Crippen LogP contribution in [0.2, 0.25) is 0 Å². The zero-order valence-electron chi connectivity index (χ0n) is 7.98. The van der Waals surface area contributed by atoms with E-state index in [-0.39, 0.29) is 12.6 Å². The van der Waals surface area contributed by atoms with E-state index in [2.05, 4.69) is 20.0 Å². The van der Waals surface area contributed by atoms with Crippen molar-refractivity contribution in [3.8, 4) is 0 Å². The highest BCUT2D eigenvalue weighted by Crippen LogP contribution is 2.02. The monoisotopic (exact) mass is 200 g/mol. The topological polar surface area (TPSA) is 103 Å². The zero-order valence-corrected chi connectivity index (χ0v) is 7.98. The van der Waals surface area contributed by atoms with E-state index in [1.807, 2.05) is 0 Å². The van der Waals surface area contributed by atoms with E-state index in [0.717, 1.165) is 0 Å². The lowest BCUT2D eigenvalue weighted by atomic mass is 10.3. The van der Waals surface area contributed by atoms with Crippen LogP contribution in [0, 0.1) is 6.92 Å². The molecule has 1 heterocycles. The van der Waals surface area contributed by atoms with Crippen molar-refractivity contribution < 1.29 is 14.1 Å². The summed E-state index contributed by atoms with van der Waals surface area (Å²) in [6.07, 6.45) is 0. The van der Waals surface area contributed by atoms with E-state index in [1.54, 1.807) is 6.92 Å². The molecule has 0 aliphatic carbocycles. The molecule has 7 nitrogen and oxygen atoms in total. The van der Waals surface area contributed by atoms with E-state index < -0.39 is 11.9 Å². The summed E-state index contributed by atoms with van der Waals surface area (Å²) in [6, 6.07) is -0.703. The number of amides is 1. The molecule has 78 valence electrons. The third kappa shape index (κ3) is 2.79. The van der Waals surface area contributed by atoms with Crippen molar-refractivity contribution in [3.63, 3.8) is 0 Å². The van der Waals surface area contributed by atoms with Gasteiger partial charge in [0.1, 0.15) is 6.04 Å². The summed E-state index contributed by atoms with van der Waals surface area (Å²) in [4.78, 5) is 15.1. The number of carbonyl (C=O) groups excluding carboxylic acids is 1. The van der Waals surface area contributed by atoms with Crippen LogP contribution < -0.4 is 11.1 Å². The fourth-order valence-electron chi connectivity index (χ4n) is 0.801. The smallest absolute Gasteiger partial charge is 0.328 e. The van der Waals surface area contributed by atoms with E-state index in [1.165, 1.54) is 7.11 Å². The van der Waals surface area contributed by atoms with Gasteiger partial charge in [-0.15, -0.1) is 0 Å². The second-order valence-corrected chi connectivity index (χ2v) is 2.70. The quantitative estimate of drug-likeness (QED) is 0.665. The fraction of sp³-hybridized carbons (Fsp3) is 0.571. The lowest BCUT2D eigenvalue weighted by Crippen LogP contribution is -2.39. The van der Waals surface area contributed by atoms with Gasteiger partial charge in [-0.25, -0.2) is 0 Å². The number of ether oxygens (including phenoxy) is 1. The normalized spacial score (nSPS) is 12.5. The number of nitrogens with one attached hydrogen (secondary N) is 1. The molecule has 0 spiro atoms. The van der Waals surface area contributed by atoms with Gasteiger partial charge in [-0.2, -0.15) is 4.98 Å². The maximum absolute atomic E-state index is 11.3. The molecule has 0 radical (unpaired) electrons. The lowest BCUT2D eigenvalue weighted by Gasteiger charge is -2.07. The Morgan fingerprint density at radius 2 is 2.50 bits per heavy atom. The van der Waals surface area contributed by atoms with Crippen molar-refractivity contribution in [2.75, 3.05) is 19.0 Å². The molecule has 1 aromatic heterocycles. The molecule has 1 rings (SSSR count). The van der Waals surface area contributed by atoms with Crippen LogP contribution in [-0.4, -0.2) is 35.8 Å². The third-order valence-corrected chi connectivity index (χ3v) is 1.44. The molecule has 0 fully saturated rings. The van der Waals surface area contributed by atoms with Crippen LogP contribution in [0.3, 0.4) is 0 Å². The van der Waals surface area contributed by atoms with Gasteiger partial charge in [0.25, 0.3) is 0 Å². The molecule has 0 aliphatic heterocycles. The number of aryl methyl sites for hydroxylation is 1. The minimum Gasteiger partial charge on any atom is -0.383 e. The number of rotatable bonds is 4. The molecule has 7 heteroatoms. The number of nitrogens with zero attached hydrogens (tertiary/aromatic N) is 2. The Kier molecular flexibility index (Phi) is 3.55. The summed E-state index contributed by atoms with van der Waals surface area (Å²) in [7, 11) is 1.46. The highest BCUT2D eigenvalue weighted by Gasteiger charge is 2.15. The van der Waals surface area contributed by atoms with E-state index in [9.17, 15) is 4.79 Å². The third-order valence-electron chi connectivity index (χ3n) is 1.44.